The molecule has 2 bridgehead atoms. The zero-order chi connectivity index (χ0) is 26.3. The highest BCUT2D eigenvalue weighted by atomic mass is 32.2. The van der Waals surface area contributed by atoms with Crippen LogP contribution in [0.4, 0.5) is 5.69 Å². The van der Waals surface area contributed by atoms with Crippen LogP contribution in [0.5, 0.6) is 5.75 Å². The number of hydrogen-bond acceptors (Lipinski definition) is 5. The number of carbonyl (C=O) groups is 2. The van der Waals surface area contributed by atoms with Crippen molar-refractivity contribution < 1.29 is 22.7 Å². The number of hydrogen-bond donors (Lipinski definition) is 1. The zero-order valence-electron chi connectivity index (χ0n) is 21.6. The van der Waals surface area contributed by atoms with E-state index >= 15 is 0 Å². The summed E-state index contributed by atoms with van der Waals surface area (Å²) in [5, 5.41) is 2.74. The van der Waals surface area contributed by atoms with Crippen LogP contribution in [0.3, 0.4) is 0 Å². The molecule has 2 aromatic carbocycles. The molecule has 2 amide bonds. The number of sulfonamides is 1. The van der Waals surface area contributed by atoms with E-state index < -0.39 is 15.9 Å². The van der Waals surface area contributed by atoms with E-state index in [0.717, 1.165) is 19.3 Å². The first-order valence-electron chi connectivity index (χ1n) is 12.1. The summed E-state index contributed by atoms with van der Waals surface area (Å²) in [5.74, 6) is -0.195. The van der Waals surface area contributed by atoms with Gasteiger partial charge in [0.25, 0.3) is 5.91 Å². The van der Waals surface area contributed by atoms with E-state index in [1.165, 1.54) is 24.1 Å². The number of rotatable bonds is 7. The molecule has 1 aliphatic carbocycles. The van der Waals surface area contributed by atoms with Crippen LogP contribution >= 0.6 is 0 Å². The molecule has 2 aromatic rings. The molecule has 1 saturated carbocycles. The van der Waals surface area contributed by atoms with Crippen LogP contribution in [0.1, 0.15) is 50.4 Å². The van der Waals surface area contributed by atoms with Crippen LogP contribution < -0.4 is 10.1 Å². The minimum atomic E-state index is -3.76. The Bertz CT molecular complexity index is 1280. The lowest BCUT2D eigenvalue weighted by atomic mass is 9.65. The Morgan fingerprint density at radius 1 is 1.11 bits per heavy atom. The van der Waals surface area contributed by atoms with E-state index in [0.29, 0.717) is 18.0 Å². The van der Waals surface area contributed by atoms with E-state index in [9.17, 15) is 18.0 Å². The van der Waals surface area contributed by atoms with Crippen molar-refractivity contribution >= 4 is 27.5 Å². The fraction of sp³-hybridized carbons (Fsp3) is 0.481. The number of ether oxygens (including phenoxy) is 1. The molecule has 8 nitrogen and oxygen atoms in total. The second-order valence-corrected chi connectivity index (χ2v) is 13.1. The number of amides is 2. The molecule has 1 heterocycles. The predicted molar refractivity (Wildman–Crippen MR) is 138 cm³/mol. The number of likely N-dealkylation sites (N-methyl/N-ethyl adjacent to an activating group) is 1. The number of nitrogens with one attached hydrogen (secondary N) is 1. The van der Waals surface area contributed by atoms with Gasteiger partial charge in [-0.05, 0) is 60.4 Å². The SMILES string of the molecule is COc1cccc(NC(=O)CN(C)C(=O)c2cccc(S(=O)(=O)N3C[C@]4(C)C[C@H]3CC(C)(C)C4)c2)c1. The van der Waals surface area contributed by atoms with Gasteiger partial charge in [-0.2, -0.15) is 4.31 Å². The summed E-state index contributed by atoms with van der Waals surface area (Å²) in [4.78, 5) is 26.9. The zero-order valence-corrected chi connectivity index (χ0v) is 22.4. The molecule has 36 heavy (non-hydrogen) atoms. The van der Waals surface area contributed by atoms with Gasteiger partial charge in [-0.15, -0.1) is 0 Å². The quantitative estimate of drug-likeness (QED) is 0.604. The van der Waals surface area contributed by atoms with Gasteiger partial charge in [0.2, 0.25) is 15.9 Å². The van der Waals surface area contributed by atoms with Gasteiger partial charge in [-0.25, -0.2) is 8.42 Å². The second-order valence-electron chi connectivity index (χ2n) is 11.2. The Labute approximate surface area is 213 Å². The average molecular weight is 514 g/mol. The Hall–Kier alpha value is -2.91. The first-order valence-corrected chi connectivity index (χ1v) is 13.6. The van der Waals surface area contributed by atoms with E-state index in [2.05, 4.69) is 26.1 Å². The molecular weight excluding hydrogens is 478 g/mol. The minimum Gasteiger partial charge on any atom is -0.497 e. The van der Waals surface area contributed by atoms with Crippen molar-refractivity contribution in [3.8, 4) is 5.75 Å². The molecule has 194 valence electrons. The average Bonchev–Trinajstić information content (AvgIpc) is 3.07. The molecule has 0 spiro atoms. The van der Waals surface area contributed by atoms with E-state index in [1.807, 2.05) is 0 Å². The molecule has 2 aliphatic rings. The lowest BCUT2D eigenvalue weighted by Crippen LogP contribution is -2.38. The van der Waals surface area contributed by atoms with E-state index in [1.54, 1.807) is 47.8 Å². The van der Waals surface area contributed by atoms with Crippen LogP contribution in [0.15, 0.2) is 53.4 Å². The van der Waals surface area contributed by atoms with Gasteiger partial charge >= 0.3 is 0 Å². The van der Waals surface area contributed by atoms with Gasteiger partial charge in [-0.1, -0.05) is 32.9 Å². The number of carbonyl (C=O) groups excluding carboxylic acids is 2. The van der Waals surface area contributed by atoms with Crippen molar-refractivity contribution in [2.24, 2.45) is 10.8 Å². The van der Waals surface area contributed by atoms with Crippen molar-refractivity contribution in [1.29, 1.82) is 0 Å². The molecular formula is C27H35N3O5S. The topological polar surface area (TPSA) is 96.0 Å². The molecule has 2 atom stereocenters. The maximum atomic E-state index is 13.6. The summed E-state index contributed by atoms with van der Waals surface area (Å²) in [5.41, 5.74) is 0.833. The van der Waals surface area contributed by atoms with Crippen LogP contribution in [0.2, 0.25) is 0 Å². The highest BCUT2D eigenvalue weighted by Gasteiger charge is 2.53. The van der Waals surface area contributed by atoms with Gasteiger partial charge in [0.1, 0.15) is 5.75 Å². The Kier molecular flexibility index (Phi) is 6.92. The maximum Gasteiger partial charge on any atom is 0.254 e. The molecule has 0 radical (unpaired) electrons. The summed E-state index contributed by atoms with van der Waals surface area (Å²) >= 11 is 0. The van der Waals surface area contributed by atoms with Crippen LogP contribution in [0, 0.1) is 10.8 Å². The molecule has 1 aliphatic heterocycles. The highest BCUT2D eigenvalue weighted by molar-refractivity contribution is 7.89. The first kappa shape index (κ1) is 26.2. The molecule has 0 unspecified atom stereocenters. The molecule has 4 rings (SSSR count). The molecule has 9 heteroatoms. The third kappa shape index (κ3) is 5.42. The van der Waals surface area contributed by atoms with Crippen molar-refractivity contribution in [3.63, 3.8) is 0 Å². The standard InChI is InChI=1S/C27H35N3O5S/c1-26(2)14-21-15-27(3,17-26)18-30(21)36(33,34)23-11-6-8-19(12-23)25(32)29(4)16-24(31)28-20-9-7-10-22(13-20)35-5/h6-13,21H,14-18H2,1-5H3,(H,28,31)/t21-,27-/m1/s1. The predicted octanol–water partition coefficient (Wildman–Crippen LogP) is 4.00. The second kappa shape index (κ2) is 9.52. The summed E-state index contributed by atoms with van der Waals surface area (Å²) in [6.45, 7) is 6.88. The van der Waals surface area contributed by atoms with Crippen molar-refractivity contribution in [3.05, 3.63) is 54.1 Å². The first-order chi connectivity index (χ1) is 16.8. The normalized spacial score (nSPS) is 23.2. The van der Waals surface area contributed by atoms with Crippen LogP contribution in [-0.4, -0.2) is 62.7 Å². The summed E-state index contributed by atoms with van der Waals surface area (Å²) < 4.78 is 34.1. The Balaban J connectivity index is 1.47. The highest BCUT2D eigenvalue weighted by Crippen LogP contribution is 2.53. The third-order valence-corrected chi connectivity index (χ3v) is 9.03. The largest absolute Gasteiger partial charge is 0.497 e. The lowest BCUT2D eigenvalue weighted by Gasteiger charge is -2.39. The maximum absolute atomic E-state index is 13.6. The summed E-state index contributed by atoms with van der Waals surface area (Å²) in [6, 6.07) is 13.0. The Morgan fingerprint density at radius 3 is 2.56 bits per heavy atom. The molecule has 1 saturated heterocycles. The molecule has 0 aromatic heterocycles. The van der Waals surface area contributed by atoms with Crippen molar-refractivity contribution in [2.75, 3.05) is 32.6 Å². The van der Waals surface area contributed by atoms with E-state index in [-0.39, 0.29) is 39.8 Å². The molecule has 1 N–H and O–H groups in total. The summed E-state index contributed by atoms with van der Waals surface area (Å²) in [6.07, 6.45) is 2.68. The fourth-order valence-electron chi connectivity index (χ4n) is 6.02. The number of nitrogens with zero attached hydrogens (tertiary/aromatic N) is 2. The van der Waals surface area contributed by atoms with Gasteiger partial charge in [0.15, 0.2) is 0 Å². The van der Waals surface area contributed by atoms with Gasteiger partial charge in [-0.3, -0.25) is 9.59 Å². The third-order valence-electron chi connectivity index (χ3n) is 7.14. The number of anilines is 1. The number of methoxy groups -OCH3 is 1. The van der Waals surface area contributed by atoms with Gasteiger partial charge in [0, 0.05) is 37.0 Å². The minimum absolute atomic E-state index is 0.0360. The van der Waals surface area contributed by atoms with Crippen molar-refractivity contribution in [2.45, 2.75) is 51.0 Å². The van der Waals surface area contributed by atoms with Gasteiger partial charge in [0.05, 0.1) is 18.6 Å². The number of benzene rings is 2. The smallest absolute Gasteiger partial charge is 0.254 e. The number of fused-ring (bicyclic) bond motifs is 2. The van der Waals surface area contributed by atoms with Crippen molar-refractivity contribution in [1.82, 2.24) is 9.21 Å². The van der Waals surface area contributed by atoms with Crippen LogP contribution in [0.25, 0.3) is 0 Å². The lowest BCUT2D eigenvalue weighted by molar-refractivity contribution is -0.116. The Morgan fingerprint density at radius 2 is 1.83 bits per heavy atom. The summed E-state index contributed by atoms with van der Waals surface area (Å²) in [7, 11) is -0.707. The van der Waals surface area contributed by atoms with Gasteiger partial charge < -0.3 is 15.0 Å². The van der Waals surface area contributed by atoms with E-state index in [4.69, 9.17) is 4.74 Å². The fourth-order valence-corrected chi connectivity index (χ4v) is 7.84. The van der Waals surface area contributed by atoms with Crippen LogP contribution in [-0.2, 0) is 14.8 Å². The monoisotopic (exact) mass is 513 g/mol. The molecule has 2 fully saturated rings.